The van der Waals surface area contributed by atoms with Gasteiger partial charge >= 0.3 is 0 Å². The quantitative estimate of drug-likeness (QED) is 0.569. The minimum absolute atomic E-state index is 0.103. The Morgan fingerprint density at radius 2 is 1.45 bits per heavy atom. The van der Waals surface area contributed by atoms with E-state index in [1.807, 2.05) is 24.3 Å². The van der Waals surface area contributed by atoms with E-state index < -0.39 is 0 Å². The summed E-state index contributed by atoms with van der Waals surface area (Å²) in [4.78, 5) is 24.5. The van der Waals surface area contributed by atoms with Crippen LogP contribution in [0, 0.1) is 0 Å². The molecule has 0 aliphatic carbocycles. The predicted octanol–water partition coefficient (Wildman–Crippen LogP) is 4.86. The van der Waals surface area contributed by atoms with Crippen molar-refractivity contribution in [3.05, 3.63) is 87.7 Å². The average molecular weight is 418 g/mol. The number of rotatable bonds is 8. The molecule has 0 aliphatic heterocycles. The number of aromatic nitrogens is 2. The summed E-state index contributed by atoms with van der Waals surface area (Å²) in [5.74, 6) is 0.842. The van der Waals surface area contributed by atoms with Gasteiger partial charge in [-0.1, -0.05) is 76.2 Å². The molecular formula is C26H31N3O2. The molecule has 3 aromatic rings. The van der Waals surface area contributed by atoms with Crippen LogP contribution in [0.1, 0.15) is 62.6 Å². The normalized spacial score (nSPS) is 11.2. The first kappa shape index (κ1) is 22.5. The highest BCUT2D eigenvalue weighted by Gasteiger charge is 2.08. The number of hydrogen-bond donors (Lipinski definition) is 1. The third-order valence-electron chi connectivity index (χ3n) is 5.43. The molecule has 0 aliphatic rings. The van der Waals surface area contributed by atoms with Gasteiger partial charge in [-0.15, -0.1) is 0 Å². The van der Waals surface area contributed by atoms with Gasteiger partial charge in [0.2, 0.25) is 5.91 Å². The number of carbonyl (C=O) groups excluding carboxylic acids is 1. The van der Waals surface area contributed by atoms with Crippen molar-refractivity contribution in [2.24, 2.45) is 0 Å². The Kier molecular flexibility index (Phi) is 7.40. The lowest BCUT2D eigenvalue weighted by Crippen LogP contribution is -2.28. The number of carbonyl (C=O) groups is 1. The molecule has 5 nitrogen and oxygen atoms in total. The summed E-state index contributed by atoms with van der Waals surface area (Å²) < 4.78 is 1.36. The van der Waals surface area contributed by atoms with Crippen LogP contribution in [0.15, 0.2) is 65.5 Å². The van der Waals surface area contributed by atoms with Crippen LogP contribution in [0.2, 0.25) is 0 Å². The third kappa shape index (κ3) is 6.14. The van der Waals surface area contributed by atoms with Crippen LogP contribution in [-0.4, -0.2) is 15.7 Å². The molecule has 1 N–H and O–H groups in total. The molecule has 0 atom stereocenters. The molecule has 162 valence electrons. The highest BCUT2D eigenvalue weighted by Crippen LogP contribution is 2.20. The van der Waals surface area contributed by atoms with E-state index in [9.17, 15) is 9.59 Å². The monoisotopic (exact) mass is 417 g/mol. The van der Waals surface area contributed by atoms with Crippen molar-refractivity contribution in [1.29, 1.82) is 0 Å². The SMILES string of the molecule is CC(C)c1ccc(CNC(=O)CCn2nc(-c3ccc(C(C)C)cc3)ccc2=O)cc1. The zero-order chi connectivity index (χ0) is 22.4. The minimum atomic E-state index is -0.209. The Bertz CT molecular complexity index is 1070. The highest BCUT2D eigenvalue weighted by molar-refractivity contribution is 5.75. The van der Waals surface area contributed by atoms with E-state index in [1.165, 1.54) is 21.9 Å². The van der Waals surface area contributed by atoms with Crippen molar-refractivity contribution in [1.82, 2.24) is 15.1 Å². The predicted molar refractivity (Wildman–Crippen MR) is 125 cm³/mol. The largest absolute Gasteiger partial charge is 0.352 e. The summed E-state index contributed by atoms with van der Waals surface area (Å²) in [6.45, 7) is 9.33. The maximum Gasteiger partial charge on any atom is 0.266 e. The summed E-state index contributed by atoms with van der Waals surface area (Å²) in [6, 6.07) is 19.7. The van der Waals surface area contributed by atoms with Gasteiger partial charge < -0.3 is 5.32 Å². The molecule has 0 fully saturated rings. The maximum absolute atomic E-state index is 12.3. The summed E-state index contributed by atoms with van der Waals surface area (Å²) >= 11 is 0. The zero-order valence-corrected chi connectivity index (χ0v) is 18.8. The number of aryl methyl sites for hydroxylation is 1. The van der Waals surface area contributed by atoms with Crippen LogP contribution in [0.3, 0.4) is 0 Å². The van der Waals surface area contributed by atoms with Gasteiger partial charge in [0.25, 0.3) is 5.56 Å². The van der Waals surface area contributed by atoms with Crippen LogP contribution in [0.4, 0.5) is 0 Å². The fourth-order valence-corrected chi connectivity index (χ4v) is 3.32. The number of nitrogens with one attached hydrogen (secondary N) is 1. The van der Waals surface area contributed by atoms with E-state index in [1.54, 1.807) is 6.07 Å². The van der Waals surface area contributed by atoms with Gasteiger partial charge in [-0.3, -0.25) is 9.59 Å². The van der Waals surface area contributed by atoms with Crippen molar-refractivity contribution in [3.63, 3.8) is 0 Å². The van der Waals surface area contributed by atoms with Crippen LogP contribution in [-0.2, 0) is 17.9 Å². The van der Waals surface area contributed by atoms with Crippen molar-refractivity contribution >= 4 is 5.91 Å². The standard InChI is InChI=1S/C26H31N3O2/c1-18(2)21-7-5-20(6-8-21)17-27-25(30)15-16-29-26(31)14-13-24(28-29)23-11-9-22(10-12-23)19(3)4/h5-14,18-19H,15-17H2,1-4H3,(H,27,30). The van der Waals surface area contributed by atoms with Crippen LogP contribution in [0.25, 0.3) is 11.3 Å². The zero-order valence-electron chi connectivity index (χ0n) is 18.8. The summed E-state index contributed by atoms with van der Waals surface area (Å²) in [5, 5.41) is 7.38. The molecule has 0 saturated heterocycles. The molecule has 3 rings (SSSR count). The Morgan fingerprint density at radius 1 is 0.871 bits per heavy atom. The first-order valence-corrected chi connectivity index (χ1v) is 10.9. The maximum atomic E-state index is 12.3. The molecule has 1 aromatic heterocycles. The number of hydrogen-bond acceptors (Lipinski definition) is 3. The number of benzene rings is 2. The van der Waals surface area contributed by atoms with E-state index in [4.69, 9.17) is 0 Å². The summed E-state index contributed by atoms with van der Waals surface area (Å²) in [6.07, 6.45) is 0.201. The van der Waals surface area contributed by atoms with E-state index in [0.29, 0.717) is 18.4 Å². The van der Waals surface area contributed by atoms with Crippen LogP contribution < -0.4 is 10.9 Å². The van der Waals surface area contributed by atoms with Gasteiger partial charge in [-0.2, -0.15) is 5.10 Å². The van der Waals surface area contributed by atoms with Gasteiger partial charge in [0.15, 0.2) is 0 Å². The molecule has 31 heavy (non-hydrogen) atoms. The van der Waals surface area contributed by atoms with Gasteiger partial charge in [0.05, 0.1) is 12.2 Å². The van der Waals surface area contributed by atoms with Crippen molar-refractivity contribution in [3.8, 4) is 11.3 Å². The fourth-order valence-electron chi connectivity index (χ4n) is 3.32. The van der Waals surface area contributed by atoms with Crippen molar-refractivity contribution in [2.75, 3.05) is 0 Å². The molecule has 0 radical (unpaired) electrons. The Hall–Kier alpha value is -3.21. The molecule has 0 bridgehead atoms. The van der Waals surface area contributed by atoms with E-state index in [0.717, 1.165) is 16.8 Å². The van der Waals surface area contributed by atoms with Gasteiger partial charge in [-0.25, -0.2) is 4.68 Å². The second-order valence-electron chi connectivity index (χ2n) is 8.48. The molecule has 2 aromatic carbocycles. The Morgan fingerprint density at radius 3 is 2.03 bits per heavy atom. The van der Waals surface area contributed by atoms with Crippen molar-refractivity contribution < 1.29 is 4.79 Å². The molecular weight excluding hydrogens is 386 g/mol. The highest BCUT2D eigenvalue weighted by atomic mass is 16.2. The molecule has 1 heterocycles. The third-order valence-corrected chi connectivity index (χ3v) is 5.43. The Labute approximate surface area is 184 Å². The lowest BCUT2D eigenvalue weighted by atomic mass is 10.0. The second-order valence-corrected chi connectivity index (χ2v) is 8.48. The number of nitrogens with zero attached hydrogens (tertiary/aromatic N) is 2. The molecule has 1 amide bonds. The van der Waals surface area contributed by atoms with Crippen LogP contribution >= 0.6 is 0 Å². The lowest BCUT2D eigenvalue weighted by Gasteiger charge is -2.10. The van der Waals surface area contributed by atoms with Crippen molar-refractivity contribution in [2.45, 2.75) is 59.0 Å². The second kappa shape index (κ2) is 10.2. The van der Waals surface area contributed by atoms with Gasteiger partial charge in [0, 0.05) is 24.6 Å². The number of amides is 1. The fraction of sp³-hybridized carbons (Fsp3) is 0.346. The molecule has 0 spiro atoms. The van der Waals surface area contributed by atoms with Crippen LogP contribution in [0.5, 0.6) is 0 Å². The molecule has 0 saturated carbocycles. The van der Waals surface area contributed by atoms with Gasteiger partial charge in [-0.05, 0) is 34.6 Å². The topological polar surface area (TPSA) is 64.0 Å². The lowest BCUT2D eigenvalue weighted by molar-refractivity contribution is -0.121. The smallest absolute Gasteiger partial charge is 0.266 e. The van der Waals surface area contributed by atoms with E-state index in [2.05, 4.69) is 62.4 Å². The average Bonchev–Trinajstić information content (AvgIpc) is 2.77. The Balaban J connectivity index is 1.58. The first-order chi connectivity index (χ1) is 14.8. The minimum Gasteiger partial charge on any atom is -0.352 e. The molecule has 5 heteroatoms. The molecule has 0 unspecified atom stereocenters. The van der Waals surface area contributed by atoms with E-state index >= 15 is 0 Å². The van der Waals surface area contributed by atoms with E-state index in [-0.39, 0.29) is 24.4 Å². The first-order valence-electron chi connectivity index (χ1n) is 10.9. The summed E-state index contributed by atoms with van der Waals surface area (Å²) in [7, 11) is 0. The summed E-state index contributed by atoms with van der Waals surface area (Å²) in [5.41, 5.74) is 5.05. The van der Waals surface area contributed by atoms with Gasteiger partial charge in [0.1, 0.15) is 0 Å².